The van der Waals surface area contributed by atoms with Gasteiger partial charge >= 0.3 is 5.97 Å². The van der Waals surface area contributed by atoms with E-state index in [4.69, 9.17) is 26.2 Å². The number of carbonyl (C=O) groups excluding carboxylic acids is 2. The summed E-state index contributed by atoms with van der Waals surface area (Å²) in [6, 6.07) is 18.1. The maximum Gasteiger partial charge on any atom is 0.307 e. The van der Waals surface area contributed by atoms with Crippen molar-refractivity contribution in [3.05, 3.63) is 93.5 Å². The molecule has 0 saturated heterocycles. The number of benzene rings is 3. The number of aliphatic hydroxyl groups excluding tert-OH is 1. The maximum atomic E-state index is 14.1. The van der Waals surface area contributed by atoms with Crippen molar-refractivity contribution in [2.45, 2.75) is 59.2 Å². The van der Waals surface area contributed by atoms with Crippen molar-refractivity contribution in [2.24, 2.45) is 5.41 Å². The molecule has 1 radical (unpaired) electrons. The van der Waals surface area contributed by atoms with Crippen molar-refractivity contribution in [2.75, 3.05) is 31.2 Å². The Morgan fingerprint density at radius 2 is 1.78 bits per heavy atom. The molecule has 46 heavy (non-hydrogen) atoms. The minimum absolute atomic E-state index is 0. The molecule has 3 N–H and O–H groups in total. The third-order valence-corrected chi connectivity index (χ3v) is 8.14. The van der Waals surface area contributed by atoms with Crippen LogP contribution in [0.1, 0.15) is 60.6 Å². The Bertz CT molecular complexity index is 1530. The molecule has 1 aliphatic rings. The number of nitrogens with zero attached hydrogens (tertiary/aromatic N) is 1. The fourth-order valence-corrected chi connectivity index (χ4v) is 5.43. The van der Waals surface area contributed by atoms with Gasteiger partial charge in [-0.3, -0.25) is 14.4 Å². The Hall–Kier alpha value is -2.48. The van der Waals surface area contributed by atoms with Gasteiger partial charge in [-0.15, -0.1) is 0 Å². The first-order valence-electron chi connectivity index (χ1n) is 15.0. The van der Waals surface area contributed by atoms with Crippen LogP contribution in [0.2, 0.25) is 5.02 Å². The number of carboxylic acid groups (broad SMARTS) is 1. The van der Waals surface area contributed by atoms with E-state index in [1.165, 1.54) is 0 Å². The Labute approximate surface area is 311 Å². The van der Waals surface area contributed by atoms with Crippen LogP contribution in [0.15, 0.2) is 60.7 Å². The number of fused-ring (bicyclic) bond motifs is 1. The molecule has 1 heterocycles. The predicted octanol–water partition coefficient (Wildman–Crippen LogP) is 5.40. The fraction of sp³-hybridized carbons (Fsp3) is 0.400. The first-order valence-corrected chi connectivity index (χ1v) is 15.4. The molecule has 4 rings (SSSR count). The predicted molar refractivity (Wildman–Crippen MR) is 173 cm³/mol. The molecule has 2 amide bonds. The zero-order valence-electron chi connectivity index (χ0n) is 26.7. The molecule has 0 spiro atoms. The van der Waals surface area contributed by atoms with Crippen LogP contribution < -0.4 is 15.0 Å². The van der Waals surface area contributed by atoms with Crippen molar-refractivity contribution in [1.82, 2.24) is 5.32 Å². The van der Waals surface area contributed by atoms with Crippen molar-refractivity contribution in [1.29, 1.82) is 0 Å². The number of aliphatic carboxylic acids is 1. The van der Waals surface area contributed by atoms with Crippen LogP contribution in [0, 0.1) is 63.3 Å². The van der Waals surface area contributed by atoms with Gasteiger partial charge in [0.1, 0.15) is 18.0 Å². The molecule has 9 nitrogen and oxygen atoms in total. The van der Waals surface area contributed by atoms with Gasteiger partial charge in [-0.05, 0) is 72.9 Å². The fourth-order valence-electron chi connectivity index (χ4n) is 5.25. The summed E-state index contributed by atoms with van der Waals surface area (Å²) < 4.78 is 12.3. The van der Waals surface area contributed by atoms with Crippen molar-refractivity contribution < 1.29 is 78.1 Å². The molecule has 3 aromatic carbocycles. The van der Waals surface area contributed by atoms with E-state index >= 15 is 0 Å². The van der Waals surface area contributed by atoms with Crippen LogP contribution >= 0.6 is 11.6 Å². The second-order valence-corrected chi connectivity index (χ2v) is 12.7. The summed E-state index contributed by atoms with van der Waals surface area (Å²) in [6.45, 7) is 8.51. The summed E-state index contributed by atoms with van der Waals surface area (Å²) in [6.07, 6.45) is -1.46. The van der Waals surface area contributed by atoms with Gasteiger partial charge in [-0.25, -0.2) is 0 Å². The topological polar surface area (TPSA) is 125 Å². The van der Waals surface area contributed by atoms with Crippen LogP contribution in [0.25, 0.3) is 0 Å². The van der Waals surface area contributed by atoms with Crippen LogP contribution in [0.4, 0.5) is 5.69 Å². The van der Waals surface area contributed by atoms with E-state index in [2.05, 4.69) is 5.32 Å². The van der Waals surface area contributed by atoms with E-state index in [-0.39, 0.29) is 81.9 Å². The number of halogens is 1. The molecule has 0 aliphatic carbocycles. The molecular formula is C35H41AcClN2O7. The second-order valence-electron chi connectivity index (χ2n) is 12.2. The summed E-state index contributed by atoms with van der Waals surface area (Å²) >= 11 is 6.47. The molecule has 0 saturated carbocycles. The number of carboxylic acids is 1. The maximum absolute atomic E-state index is 14.1. The molecule has 0 unspecified atom stereocenters. The number of aliphatic hydroxyl groups is 1. The number of rotatable bonds is 13. The number of anilines is 1. The minimum atomic E-state index is -1.09. The van der Waals surface area contributed by atoms with E-state index in [9.17, 15) is 19.5 Å². The number of nitrogens with one attached hydrogen (secondary N) is 1. The number of hydrogen-bond donors (Lipinski definition) is 3. The number of amides is 2. The third-order valence-electron chi connectivity index (χ3n) is 7.91. The largest absolute Gasteiger partial charge is 0.494 e. The van der Waals surface area contributed by atoms with Gasteiger partial charge in [0.15, 0.2) is 0 Å². The van der Waals surface area contributed by atoms with Gasteiger partial charge in [0.2, 0.25) is 5.91 Å². The third kappa shape index (κ3) is 10.0. The first-order chi connectivity index (χ1) is 21.4. The Morgan fingerprint density at radius 3 is 2.46 bits per heavy atom. The number of aryl methyl sites for hydroxylation is 1. The van der Waals surface area contributed by atoms with Crippen molar-refractivity contribution in [3.8, 4) is 5.75 Å². The van der Waals surface area contributed by atoms with Gasteiger partial charge < -0.3 is 29.9 Å². The minimum Gasteiger partial charge on any atom is -0.494 e. The van der Waals surface area contributed by atoms with E-state index in [1.807, 2.05) is 45.9 Å². The summed E-state index contributed by atoms with van der Waals surface area (Å²) in [5.74, 6) is -0.989. The van der Waals surface area contributed by atoms with Gasteiger partial charge in [0.05, 0.1) is 19.4 Å². The molecular weight excluding hydrogens is 823 g/mol. The van der Waals surface area contributed by atoms with E-state index in [1.54, 1.807) is 47.4 Å². The summed E-state index contributed by atoms with van der Waals surface area (Å²) in [7, 11) is 0. The second kappa shape index (κ2) is 17.1. The Balaban J connectivity index is 0.00000576. The van der Waals surface area contributed by atoms with Gasteiger partial charge in [-0.2, -0.15) is 0 Å². The number of hydrogen-bond acceptors (Lipinski definition) is 6. The molecule has 11 heteroatoms. The Morgan fingerprint density at radius 1 is 1.07 bits per heavy atom. The molecule has 1 aliphatic heterocycles. The van der Waals surface area contributed by atoms with E-state index < -0.39 is 23.6 Å². The van der Waals surface area contributed by atoms with Crippen LogP contribution in [-0.2, 0) is 25.5 Å². The average molecular weight is 864 g/mol. The normalized spacial score (nSPS) is 16.2. The standard InChI is InChI=1S/C35H41ClN2O7.Ac/c1-22-7-5-8-27(23(22)2)33-28-18-25(36)11-14-29(28)38(20-35(3,4)21-39)34(43)30(45-33)19-31(40)37-15-6-16-44-26-12-9-24(10-13-26)17-32(41)42;/h5,7-14,18,30,33,39H,6,15-17,19-21H2,1-4H3,(H,37,40)(H,41,42);/t30-,33-;/m1./s1. The zero-order chi connectivity index (χ0) is 32.7. The van der Waals surface area contributed by atoms with Crippen LogP contribution in [0.3, 0.4) is 0 Å². The molecule has 0 bridgehead atoms. The summed E-state index contributed by atoms with van der Waals surface area (Å²) in [5, 5.41) is 22.3. The SMILES string of the molecule is Cc1cccc([C@H]2O[C@H](CC(=O)NCCCOc3ccc(CC(=O)O)cc3)C(=O)N(CC(C)(C)CO)c3ccc(Cl)cc32)c1C.[Ac]. The quantitative estimate of drug-likeness (QED) is 0.197. The zero-order valence-corrected chi connectivity index (χ0v) is 32.2. The number of ether oxygens (including phenoxy) is 2. The molecule has 243 valence electrons. The summed E-state index contributed by atoms with van der Waals surface area (Å²) in [4.78, 5) is 39.7. The van der Waals surface area contributed by atoms with Gasteiger partial charge in [0, 0.05) is 85.4 Å². The molecule has 2 atom stereocenters. The smallest absolute Gasteiger partial charge is 0.307 e. The summed E-state index contributed by atoms with van der Waals surface area (Å²) in [5.41, 5.74) is 4.39. The monoisotopic (exact) mass is 863 g/mol. The van der Waals surface area contributed by atoms with E-state index in [0.29, 0.717) is 47.2 Å². The molecule has 3 aromatic rings. The van der Waals surface area contributed by atoms with Crippen molar-refractivity contribution in [3.63, 3.8) is 0 Å². The van der Waals surface area contributed by atoms with Crippen LogP contribution in [-0.4, -0.2) is 60.4 Å². The van der Waals surface area contributed by atoms with Gasteiger partial charge in [0.25, 0.3) is 5.91 Å². The van der Waals surface area contributed by atoms with Crippen molar-refractivity contribution >= 4 is 35.1 Å². The Kier molecular flexibility index (Phi) is 14.1. The average Bonchev–Trinajstić information content (AvgIpc) is 3.09. The number of carbonyl (C=O) groups is 3. The first kappa shape index (κ1) is 38.0. The molecule has 0 fully saturated rings. The molecule has 0 aromatic heterocycles. The van der Waals surface area contributed by atoms with E-state index in [0.717, 1.165) is 16.7 Å². The van der Waals surface area contributed by atoms with Crippen LogP contribution in [0.5, 0.6) is 5.75 Å². The van der Waals surface area contributed by atoms with Gasteiger partial charge in [-0.1, -0.05) is 55.8 Å².